The quantitative estimate of drug-likeness (QED) is 0.842. The van der Waals surface area contributed by atoms with Crippen LogP contribution in [0.3, 0.4) is 0 Å². The molecule has 1 saturated carbocycles. The van der Waals surface area contributed by atoms with Gasteiger partial charge in [-0.25, -0.2) is 15.0 Å². The van der Waals surface area contributed by atoms with E-state index in [-0.39, 0.29) is 11.5 Å². The van der Waals surface area contributed by atoms with Gasteiger partial charge < -0.3 is 14.9 Å². The van der Waals surface area contributed by atoms with Gasteiger partial charge in [0.25, 0.3) is 0 Å². The molecule has 0 aromatic carbocycles. The number of hydrogen-bond donors (Lipinski definition) is 1. The molecule has 3 aliphatic rings. The fraction of sp³-hybridized carbons (Fsp3) is 0.565. The van der Waals surface area contributed by atoms with Gasteiger partial charge in [0, 0.05) is 55.4 Å². The Balaban J connectivity index is 1.29. The fourth-order valence-corrected chi connectivity index (χ4v) is 5.46. The number of anilines is 1. The highest BCUT2D eigenvalue weighted by atomic mass is 16.3. The van der Waals surface area contributed by atoms with Crippen LogP contribution < -0.4 is 4.90 Å². The zero-order valence-corrected chi connectivity index (χ0v) is 17.3. The maximum Gasteiger partial charge on any atom is 0.230 e. The number of carbonyl (C=O) groups excluding carboxylic acids is 1. The van der Waals surface area contributed by atoms with Crippen LogP contribution in [-0.4, -0.2) is 62.6 Å². The minimum absolute atomic E-state index is 0.186. The summed E-state index contributed by atoms with van der Waals surface area (Å²) in [5.74, 6) is 1.26. The first-order valence-corrected chi connectivity index (χ1v) is 11.1. The Hall–Kier alpha value is -2.54. The van der Waals surface area contributed by atoms with Crippen LogP contribution in [0.4, 0.5) is 5.82 Å². The average molecular weight is 408 g/mol. The van der Waals surface area contributed by atoms with Crippen LogP contribution in [0.15, 0.2) is 37.1 Å². The van der Waals surface area contributed by atoms with E-state index in [1.54, 1.807) is 12.4 Å². The summed E-state index contributed by atoms with van der Waals surface area (Å²) in [6.07, 6.45) is 13.2. The molecule has 0 radical (unpaired) electrons. The molecular weight excluding hydrogens is 378 g/mol. The summed E-state index contributed by atoms with van der Waals surface area (Å²) in [5, 5.41) is 9.81. The number of pyridine rings is 1. The highest BCUT2D eigenvalue weighted by Gasteiger charge is 2.50. The van der Waals surface area contributed by atoms with Gasteiger partial charge in [0.05, 0.1) is 11.5 Å². The van der Waals surface area contributed by atoms with Gasteiger partial charge in [-0.1, -0.05) is 0 Å². The molecule has 1 unspecified atom stereocenters. The summed E-state index contributed by atoms with van der Waals surface area (Å²) >= 11 is 0. The van der Waals surface area contributed by atoms with Crippen molar-refractivity contribution in [3.63, 3.8) is 0 Å². The summed E-state index contributed by atoms with van der Waals surface area (Å²) < 4.78 is 0. The van der Waals surface area contributed by atoms with E-state index in [2.05, 4.69) is 25.8 Å². The SMILES string of the molecule is O=C1N(C2CCC(O)CC2)CCC12CCCN(c1ccc(-c3cncnc3)cn1)C2. The number of carbonyl (C=O) groups is 1. The first kappa shape index (κ1) is 19.4. The number of aliphatic hydroxyl groups excluding tert-OH is 1. The monoisotopic (exact) mass is 407 g/mol. The van der Waals surface area contributed by atoms with Crippen molar-refractivity contribution in [1.29, 1.82) is 0 Å². The number of nitrogens with zero attached hydrogens (tertiary/aromatic N) is 5. The molecule has 5 rings (SSSR count). The van der Waals surface area contributed by atoms with Gasteiger partial charge in [-0.05, 0) is 57.1 Å². The summed E-state index contributed by atoms with van der Waals surface area (Å²) in [5.41, 5.74) is 1.67. The van der Waals surface area contributed by atoms with Crippen molar-refractivity contribution in [2.24, 2.45) is 5.41 Å². The molecule has 4 heterocycles. The average Bonchev–Trinajstić information content (AvgIpc) is 3.10. The molecule has 7 nitrogen and oxygen atoms in total. The van der Waals surface area contributed by atoms with E-state index >= 15 is 0 Å². The Morgan fingerprint density at radius 1 is 0.967 bits per heavy atom. The van der Waals surface area contributed by atoms with Gasteiger partial charge in [0.15, 0.2) is 0 Å². The lowest BCUT2D eigenvalue weighted by molar-refractivity contribution is -0.139. The smallest absolute Gasteiger partial charge is 0.230 e. The van der Waals surface area contributed by atoms with Crippen LogP contribution in [0.5, 0.6) is 0 Å². The predicted molar refractivity (Wildman–Crippen MR) is 114 cm³/mol. The molecule has 3 fully saturated rings. The normalized spacial score (nSPS) is 29.6. The molecular formula is C23H29N5O2. The van der Waals surface area contributed by atoms with Crippen LogP contribution in [0.2, 0.25) is 0 Å². The summed E-state index contributed by atoms with van der Waals surface area (Å²) in [7, 11) is 0. The second kappa shape index (κ2) is 7.95. The lowest BCUT2D eigenvalue weighted by atomic mass is 9.78. The number of amides is 1. The van der Waals surface area contributed by atoms with E-state index in [4.69, 9.17) is 4.98 Å². The number of rotatable bonds is 3. The highest BCUT2D eigenvalue weighted by molar-refractivity contribution is 5.86. The highest BCUT2D eigenvalue weighted by Crippen LogP contribution is 2.43. The van der Waals surface area contributed by atoms with Crippen LogP contribution in [0, 0.1) is 5.41 Å². The summed E-state index contributed by atoms with van der Waals surface area (Å²) in [6.45, 7) is 2.54. The van der Waals surface area contributed by atoms with Crippen molar-refractivity contribution >= 4 is 11.7 Å². The van der Waals surface area contributed by atoms with Gasteiger partial charge in [-0.15, -0.1) is 0 Å². The van der Waals surface area contributed by atoms with Crippen molar-refractivity contribution in [2.75, 3.05) is 24.5 Å². The van der Waals surface area contributed by atoms with Gasteiger partial charge in [0.1, 0.15) is 12.1 Å². The number of likely N-dealkylation sites (tertiary alicyclic amines) is 1. The molecule has 30 heavy (non-hydrogen) atoms. The third-order valence-corrected chi connectivity index (χ3v) is 7.20. The number of piperidine rings is 1. The second-order valence-corrected chi connectivity index (χ2v) is 9.05. The van der Waals surface area contributed by atoms with Crippen LogP contribution in [0.25, 0.3) is 11.1 Å². The zero-order chi connectivity index (χ0) is 20.6. The lowest BCUT2D eigenvalue weighted by Gasteiger charge is -2.41. The van der Waals surface area contributed by atoms with Crippen LogP contribution in [-0.2, 0) is 4.79 Å². The van der Waals surface area contributed by atoms with Crippen LogP contribution >= 0.6 is 0 Å². The third-order valence-electron chi connectivity index (χ3n) is 7.20. The molecule has 0 bridgehead atoms. The molecule has 1 spiro atoms. The second-order valence-electron chi connectivity index (χ2n) is 9.05. The van der Waals surface area contributed by atoms with Crippen molar-refractivity contribution < 1.29 is 9.90 Å². The first-order chi connectivity index (χ1) is 14.6. The van der Waals surface area contributed by atoms with Crippen molar-refractivity contribution in [3.05, 3.63) is 37.1 Å². The molecule has 1 N–H and O–H groups in total. The molecule has 7 heteroatoms. The summed E-state index contributed by atoms with van der Waals surface area (Å²) in [6, 6.07) is 4.40. The Kier molecular flexibility index (Phi) is 5.15. The van der Waals surface area contributed by atoms with Gasteiger partial charge in [-0.3, -0.25) is 4.79 Å². The zero-order valence-electron chi connectivity index (χ0n) is 17.3. The number of aromatic nitrogens is 3. The molecule has 2 saturated heterocycles. The summed E-state index contributed by atoms with van der Waals surface area (Å²) in [4.78, 5) is 30.7. The molecule has 1 atom stereocenters. The maximum absolute atomic E-state index is 13.5. The van der Waals surface area contributed by atoms with E-state index in [0.29, 0.717) is 11.9 Å². The molecule has 2 aromatic rings. The van der Waals surface area contributed by atoms with Crippen LogP contribution in [0.1, 0.15) is 44.9 Å². The first-order valence-electron chi connectivity index (χ1n) is 11.1. The predicted octanol–water partition coefficient (Wildman–Crippen LogP) is 2.66. The molecule has 158 valence electrons. The van der Waals surface area contributed by atoms with Gasteiger partial charge in [-0.2, -0.15) is 0 Å². The van der Waals surface area contributed by atoms with Crippen molar-refractivity contribution in [1.82, 2.24) is 19.9 Å². The van der Waals surface area contributed by atoms with Crippen molar-refractivity contribution in [2.45, 2.75) is 57.1 Å². The molecule has 2 aromatic heterocycles. The Morgan fingerprint density at radius 3 is 2.50 bits per heavy atom. The Labute approximate surface area is 177 Å². The maximum atomic E-state index is 13.5. The van der Waals surface area contributed by atoms with E-state index in [1.807, 2.05) is 12.3 Å². The molecule has 1 amide bonds. The molecule has 2 aliphatic heterocycles. The molecule has 1 aliphatic carbocycles. The minimum Gasteiger partial charge on any atom is -0.393 e. The van der Waals surface area contributed by atoms with E-state index in [1.165, 1.54) is 6.33 Å². The topological polar surface area (TPSA) is 82.5 Å². The third kappa shape index (κ3) is 3.55. The fourth-order valence-electron chi connectivity index (χ4n) is 5.46. The minimum atomic E-state index is -0.276. The number of hydrogen-bond acceptors (Lipinski definition) is 6. The van der Waals surface area contributed by atoms with E-state index in [0.717, 1.165) is 81.5 Å². The standard InChI is InChI=1S/C23H29N5O2/c29-20-5-3-19(4-6-20)28-11-9-23(22(28)30)8-1-10-27(15-23)21-7-2-17(14-26-21)18-12-24-16-25-13-18/h2,7,12-14,16,19-20,29H,1,3-6,8-11,15H2. The van der Waals surface area contributed by atoms with E-state index < -0.39 is 0 Å². The van der Waals surface area contributed by atoms with Gasteiger partial charge in [0.2, 0.25) is 5.91 Å². The largest absolute Gasteiger partial charge is 0.393 e. The Morgan fingerprint density at radius 2 is 1.77 bits per heavy atom. The number of aliphatic hydroxyl groups is 1. The Bertz CT molecular complexity index is 882. The van der Waals surface area contributed by atoms with Gasteiger partial charge >= 0.3 is 0 Å². The lowest BCUT2D eigenvalue weighted by Crippen LogP contribution is -2.50. The van der Waals surface area contributed by atoms with Crippen molar-refractivity contribution in [3.8, 4) is 11.1 Å². The van der Waals surface area contributed by atoms with E-state index in [9.17, 15) is 9.90 Å².